The normalized spacial score (nSPS) is 15.9. The molecule has 1 unspecified atom stereocenters. The van der Waals surface area contributed by atoms with Crippen LogP contribution in [-0.4, -0.2) is 43.1 Å². The Hall–Kier alpha value is -3.29. The van der Waals surface area contributed by atoms with Crippen LogP contribution in [0.5, 0.6) is 17.2 Å². The van der Waals surface area contributed by atoms with Crippen molar-refractivity contribution in [1.82, 2.24) is 4.90 Å². The fourth-order valence-electron chi connectivity index (χ4n) is 3.38. The number of ether oxygens (including phenoxy) is 3. The summed E-state index contributed by atoms with van der Waals surface area (Å²) in [7, 11) is 3.20. The van der Waals surface area contributed by atoms with Crippen LogP contribution in [0.1, 0.15) is 24.4 Å². The van der Waals surface area contributed by atoms with Gasteiger partial charge in [0.15, 0.2) is 6.61 Å². The Morgan fingerprint density at radius 1 is 1.14 bits per heavy atom. The molecule has 28 heavy (non-hydrogen) atoms. The van der Waals surface area contributed by atoms with E-state index in [9.17, 15) is 14.9 Å². The molecule has 3 rings (SSSR count). The van der Waals surface area contributed by atoms with Gasteiger partial charge in [0.2, 0.25) is 0 Å². The Bertz CT molecular complexity index is 852. The molecule has 2 aromatic rings. The van der Waals surface area contributed by atoms with Crippen molar-refractivity contribution in [3.63, 3.8) is 0 Å². The average molecular weight is 386 g/mol. The highest BCUT2D eigenvalue weighted by molar-refractivity contribution is 5.78. The number of hydrogen-bond acceptors (Lipinski definition) is 6. The fourth-order valence-corrected chi connectivity index (χ4v) is 3.38. The summed E-state index contributed by atoms with van der Waals surface area (Å²) >= 11 is 0. The number of nitrogens with zero attached hydrogens (tertiary/aromatic N) is 2. The van der Waals surface area contributed by atoms with Gasteiger partial charge < -0.3 is 19.1 Å². The number of rotatable bonds is 7. The van der Waals surface area contributed by atoms with Crippen molar-refractivity contribution in [2.24, 2.45) is 0 Å². The molecule has 8 nitrogen and oxygen atoms in total. The van der Waals surface area contributed by atoms with Crippen molar-refractivity contribution in [2.45, 2.75) is 18.9 Å². The number of amides is 1. The molecule has 2 aromatic carbocycles. The number of nitro benzene ring substituents is 1. The zero-order valence-corrected chi connectivity index (χ0v) is 15.8. The Balaban J connectivity index is 1.70. The van der Waals surface area contributed by atoms with Crippen LogP contribution in [0.15, 0.2) is 42.5 Å². The Morgan fingerprint density at radius 2 is 1.86 bits per heavy atom. The van der Waals surface area contributed by atoms with Crippen LogP contribution in [0.2, 0.25) is 0 Å². The first-order chi connectivity index (χ1) is 13.5. The first-order valence-electron chi connectivity index (χ1n) is 8.92. The highest BCUT2D eigenvalue weighted by atomic mass is 16.6. The number of hydrogen-bond donors (Lipinski definition) is 0. The molecule has 1 aliphatic heterocycles. The predicted octanol–water partition coefficient (Wildman–Crippen LogP) is 3.35. The molecular weight excluding hydrogens is 364 g/mol. The first-order valence-corrected chi connectivity index (χ1v) is 8.92. The highest BCUT2D eigenvalue weighted by Crippen LogP contribution is 2.39. The maximum atomic E-state index is 12.8. The van der Waals surface area contributed by atoms with Crippen molar-refractivity contribution in [3.8, 4) is 17.2 Å². The zero-order valence-electron chi connectivity index (χ0n) is 15.8. The van der Waals surface area contributed by atoms with Gasteiger partial charge in [-0.2, -0.15) is 0 Å². The number of carbonyl (C=O) groups excluding carboxylic acids is 1. The van der Waals surface area contributed by atoms with E-state index < -0.39 is 4.92 Å². The van der Waals surface area contributed by atoms with Crippen molar-refractivity contribution in [3.05, 3.63) is 58.1 Å². The molecule has 1 amide bonds. The quantitative estimate of drug-likeness (QED) is 0.535. The second-order valence-corrected chi connectivity index (χ2v) is 6.39. The Morgan fingerprint density at radius 3 is 2.50 bits per heavy atom. The summed E-state index contributed by atoms with van der Waals surface area (Å²) in [5.74, 6) is 1.68. The molecule has 148 valence electrons. The van der Waals surface area contributed by atoms with Gasteiger partial charge in [0.05, 0.1) is 25.2 Å². The van der Waals surface area contributed by atoms with Crippen LogP contribution in [0.25, 0.3) is 0 Å². The first kappa shape index (κ1) is 19.5. The van der Waals surface area contributed by atoms with E-state index in [4.69, 9.17) is 14.2 Å². The van der Waals surface area contributed by atoms with Crippen molar-refractivity contribution >= 4 is 11.6 Å². The molecule has 1 aliphatic rings. The molecule has 1 saturated heterocycles. The fraction of sp³-hybridized carbons (Fsp3) is 0.350. The van der Waals surface area contributed by atoms with Gasteiger partial charge in [-0.05, 0) is 43.2 Å². The van der Waals surface area contributed by atoms with Gasteiger partial charge in [0.1, 0.15) is 17.2 Å². The molecule has 0 aliphatic carbocycles. The molecule has 0 saturated carbocycles. The third kappa shape index (κ3) is 4.16. The van der Waals surface area contributed by atoms with E-state index in [1.54, 1.807) is 19.1 Å². The maximum Gasteiger partial charge on any atom is 0.269 e. The molecule has 0 N–H and O–H groups in total. The van der Waals surface area contributed by atoms with Gasteiger partial charge in [-0.15, -0.1) is 0 Å². The smallest absolute Gasteiger partial charge is 0.269 e. The lowest BCUT2D eigenvalue weighted by Crippen LogP contribution is -2.34. The lowest BCUT2D eigenvalue weighted by molar-refractivity contribution is -0.384. The van der Waals surface area contributed by atoms with E-state index in [2.05, 4.69) is 0 Å². The van der Waals surface area contributed by atoms with Crippen LogP contribution < -0.4 is 14.2 Å². The lowest BCUT2D eigenvalue weighted by atomic mass is 10.0. The van der Waals surface area contributed by atoms with E-state index >= 15 is 0 Å². The lowest BCUT2D eigenvalue weighted by Gasteiger charge is -2.26. The Kier molecular flexibility index (Phi) is 5.98. The van der Waals surface area contributed by atoms with Gasteiger partial charge in [-0.1, -0.05) is 0 Å². The molecule has 1 heterocycles. The summed E-state index contributed by atoms with van der Waals surface area (Å²) in [6, 6.07) is 11.1. The van der Waals surface area contributed by atoms with Gasteiger partial charge in [-0.3, -0.25) is 14.9 Å². The highest BCUT2D eigenvalue weighted by Gasteiger charge is 2.32. The molecule has 8 heteroatoms. The average Bonchev–Trinajstić information content (AvgIpc) is 3.21. The van der Waals surface area contributed by atoms with Crippen molar-refractivity contribution in [1.29, 1.82) is 0 Å². The summed E-state index contributed by atoms with van der Waals surface area (Å²) in [4.78, 5) is 24.8. The number of nitro groups is 1. The van der Waals surface area contributed by atoms with Gasteiger partial charge in [-0.25, -0.2) is 0 Å². The SMILES string of the molecule is COc1ccc(OC)c(C2CCCN2C(=O)COc2ccc([N+](=O)[O-])cc2)c1. The zero-order chi connectivity index (χ0) is 20.1. The van der Waals surface area contributed by atoms with Crippen LogP contribution in [0, 0.1) is 10.1 Å². The van der Waals surface area contributed by atoms with Crippen LogP contribution in [0.4, 0.5) is 5.69 Å². The van der Waals surface area contributed by atoms with Gasteiger partial charge in [0.25, 0.3) is 11.6 Å². The van der Waals surface area contributed by atoms with Crippen molar-refractivity contribution in [2.75, 3.05) is 27.4 Å². The molecule has 0 bridgehead atoms. The second kappa shape index (κ2) is 8.60. The van der Waals surface area contributed by atoms with E-state index in [0.717, 1.165) is 18.4 Å². The topological polar surface area (TPSA) is 91.1 Å². The number of likely N-dealkylation sites (tertiary alicyclic amines) is 1. The summed E-state index contributed by atoms with van der Waals surface area (Å²) in [6.07, 6.45) is 1.71. The van der Waals surface area contributed by atoms with Gasteiger partial charge in [0, 0.05) is 24.2 Å². The molecule has 0 aromatic heterocycles. The molecule has 0 radical (unpaired) electrons. The third-order valence-electron chi connectivity index (χ3n) is 4.78. The van der Waals surface area contributed by atoms with E-state index in [1.807, 2.05) is 18.2 Å². The third-order valence-corrected chi connectivity index (χ3v) is 4.78. The molecular formula is C20H22N2O6. The molecule has 1 atom stereocenters. The van der Waals surface area contributed by atoms with Gasteiger partial charge >= 0.3 is 0 Å². The standard InChI is InChI=1S/C20H22N2O6/c1-26-16-9-10-19(27-2)17(12-16)18-4-3-11-21(18)20(23)13-28-15-7-5-14(6-8-15)22(24)25/h5-10,12,18H,3-4,11,13H2,1-2H3. The summed E-state index contributed by atoms with van der Waals surface area (Å²) in [5, 5.41) is 10.7. The summed E-state index contributed by atoms with van der Waals surface area (Å²) < 4.78 is 16.3. The van der Waals surface area contributed by atoms with Crippen LogP contribution in [0.3, 0.4) is 0 Å². The largest absolute Gasteiger partial charge is 0.497 e. The maximum absolute atomic E-state index is 12.8. The summed E-state index contributed by atoms with van der Waals surface area (Å²) in [5.41, 5.74) is 0.881. The second-order valence-electron chi connectivity index (χ2n) is 6.39. The minimum Gasteiger partial charge on any atom is -0.497 e. The van der Waals surface area contributed by atoms with E-state index in [-0.39, 0.29) is 24.2 Å². The number of benzene rings is 2. The number of non-ortho nitro benzene ring substituents is 1. The molecule has 1 fully saturated rings. The monoisotopic (exact) mass is 386 g/mol. The molecule has 0 spiro atoms. The minimum absolute atomic E-state index is 0.0246. The van der Waals surface area contributed by atoms with Crippen LogP contribution >= 0.6 is 0 Å². The predicted molar refractivity (Wildman–Crippen MR) is 102 cm³/mol. The summed E-state index contributed by atoms with van der Waals surface area (Å²) in [6.45, 7) is 0.494. The minimum atomic E-state index is -0.481. The van der Waals surface area contributed by atoms with E-state index in [0.29, 0.717) is 23.8 Å². The van der Waals surface area contributed by atoms with Crippen LogP contribution in [-0.2, 0) is 4.79 Å². The van der Waals surface area contributed by atoms with Crippen molar-refractivity contribution < 1.29 is 23.9 Å². The number of carbonyl (C=O) groups is 1. The number of methoxy groups -OCH3 is 2. The van der Waals surface area contributed by atoms with E-state index in [1.165, 1.54) is 24.3 Å². The Labute approximate surface area is 162 Å².